The molecule has 0 bridgehead atoms. The van der Waals surface area contributed by atoms with Gasteiger partial charge < -0.3 is 9.40 Å². The van der Waals surface area contributed by atoms with Gasteiger partial charge in [0.2, 0.25) is 0 Å². The molecule has 0 spiro atoms. The van der Waals surface area contributed by atoms with Crippen molar-refractivity contribution in [3.05, 3.63) is 101 Å². The number of thioether (sulfide) groups is 1. The Morgan fingerprint density at radius 3 is 2.23 bits per heavy atom. The third-order valence-electron chi connectivity index (χ3n) is 4.69. The van der Waals surface area contributed by atoms with E-state index in [0.29, 0.717) is 27.7 Å². The Bertz CT molecular complexity index is 1300. The normalized spacial score (nSPS) is 11.1. The van der Waals surface area contributed by atoms with Gasteiger partial charge in [0.1, 0.15) is 11.5 Å². The molecule has 5 nitrogen and oxygen atoms in total. The maximum Gasteiger partial charge on any atom is 0.258 e. The van der Waals surface area contributed by atoms with Crippen molar-refractivity contribution in [1.29, 1.82) is 0 Å². The second kappa shape index (κ2) is 8.00. The highest BCUT2D eigenvalue weighted by Gasteiger charge is 2.17. The molecule has 0 saturated heterocycles. The first-order chi connectivity index (χ1) is 14.8. The first-order valence-electron chi connectivity index (χ1n) is 9.50. The summed E-state index contributed by atoms with van der Waals surface area (Å²) in [6, 6.07) is 27.2. The van der Waals surface area contributed by atoms with Gasteiger partial charge >= 0.3 is 0 Å². The summed E-state index contributed by atoms with van der Waals surface area (Å²) < 4.78 is 6.13. The summed E-state index contributed by atoms with van der Waals surface area (Å²) in [4.78, 5) is 24.4. The molecular weight excluding hydrogens is 394 g/mol. The number of aromatic amines is 1. The van der Waals surface area contributed by atoms with Crippen molar-refractivity contribution in [3.8, 4) is 22.6 Å². The summed E-state index contributed by atoms with van der Waals surface area (Å²) >= 11 is 1.40. The third kappa shape index (κ3) is 3.65. The molecule has 3 aromatic carbocycles. The van der Waals surface area contributed by atoms with Crippen LogP contribution in [0.4, 0.5) is 0 Å². The molecule has 5 aromatic rings. The van der Waals surface area contributed by atoms with Crippen molar-refractivity contribution in [2.24, 2.45) is 0 Å². The van der Waals surface area contributed by atoms with E-state index in [1.165, 1.54) is 11.8 Å². The van der Waals surface area contributed by atoms with Gasteiger partial charge in [-0.05, 0) is 12.1 Å². The maximum atomic E-state index is 12.3. The average Bonchev–Trinajstić information content (AvgIpc) is 3.23. The molecule has 0 atom stereocenters. The Balaban J connectivity index is 1.48. The lowest BCUT2D eigenvalue weighted by atomic mass is 10.1. The Morgan fingerprint density at radius 1 is 0.800 bits per heavy atom. The number of nitrogens with zero attached hydrogens (tertiary/aromatic N) is 2. The van der Waals surface area contributed by atoms with Gasteiger partial charge in [-0.2, -0.15) is 0 Å². The van der Waals surface area contributed by atoms with E-state index in [4.69, 9.17) is 9.40 Å². The number of H-pyrrole nitrogens is 1. The number of hydrogen-bond acceptors (Lipinski definition) is 5. The zero-order valence-corrected chi connectivity index (χ0v) is 16.7. The first-order valence-corrected chi connectivity index (χ1v) is 10.5. The highest BCUT2D eigenvalue weighted by atomic mass is 32.2. The Morgan fingerprint density at radius 2 is 1.47 bits per heavy atom. The van der Waals surface area contributed by atoms with Crippen molar-refractivity contribution in [2.75, 3.05) is 0 Å². The lowest BCUT2D eigenvalue weighted by Gasteiger charge is -2.01. The van der Waals surface area contributed by atoms with E-state index in [1.54, 1.807) is 6.07 Å². The molecule has 146 valence electrons. The predicted octanol–water partition coefficient (Wildman–Crippen LogP) is 5.54. The smallest absolute Gasteiger partial charge is 0.258 e. The highest BCUT2D eigenvalue weighted by molar-refractivity contribution is 7.98. The van der Waals surface area contributed by atoms with Crippen LogP contribution in [0.25, 0.3) is 33.5 Å². The minimum absolute atomic E-state index is 0.140. The van der Waals surface area contributed by atoms with Gasteiger partial charge in [0, 0.05) is 11.1 Å². The van der Waals surface area contributed by atoms with E-state index in [-0.39, 0.29) is 5.56 Å². The molecule has 0 amide bonds. The fourth-order valence-electron chi connectivity index (χ4n) is 3.27. The summed E-state index contributed by atoms with van der Waals surface area (Å²) in [7, 11) is 0. The van der Waals surface area contributed by atoms with Crippen LogP contribution in [0.2, 0.25) is 0 Å². The molecule has 0 unspecified atom stereocenters. The quantitative estimate of drug-likeness (QED) is 0.385. The van der Waals surface area contributed by atoms with Crippen molar-refractivity contribution in [3.63, 3.8) is 0 Å². The summed E-state index contributed by atoms with van der Waals surface area (Å²) in [6.07, 6.45) is 0. The molecule has 0 fully saturated rings. The van der Waals surface area contributed by atoms with Crippen LogP contribution in [-0.2, 0) is 5.75 Å². The molecule has 0 radical (unpaired) electrons. The average molecular weight is 411 g/mol. The number of hydrogen-bond donors (Lipinski definition) is 1. The van der Waals surface area contributed by atoms with Crippen LogP contribution >= 0.6 is 11.8 Å². The topological polar surface area (TPSA) is 71.8 Å². The fraction of sp³-hybridized carbons (Fsp3) is 0.0417. The monoisotopic (exact) mass is 411 g/mol. The molecule has 0 aliphatic rings. The Labute approximate surface area is 176 Å². The van der Waals surface area contributed by atoms with Gasteiger partial charge in [-0.25, -0.2) is 9.97 Å². The molecule has 1 N–H and O–H groups in total. The van der Waals surface area contributed by atoms with Gasteiger partial charge in [0.25, 0.3) is 10.8 Å². The molecule has 0 saturated carbocycles. The number of nitrogens with one attached hydrogen (secondary N) is 1. The van der Waals surface area contributed by atoms with Crippen molar-refractivity contribution < 1.29 is 4.42 Å². The van der Waals surface area contributed by atoms with Crippen molar-refractivity contribution >= 4 is 22.7 Å². The van der Waals surface area contributed by atoms with Crippen LogP contribution < -0.4 is 5.56 Å². The third-order valence-corrected chi connectivity index (χ3v) is 5.52. The second-order valence-electron chi connectivity index (χ2n) is 6.71. The highest BCUT2D eigenvalue weighted by Crippen LogP contribution is 2.36. The van der Waals surface area contributed by atoms with E-state index in [9.17, 15) is 4.79 Å². The van der Waals surface area contributed by atoms with Gasteiger partial charge in [-0.3, -0.25) is 4.79 Å². The molecule has 0 aliphatic heterocycles. The van der Waals surface area contributed by atoms with Crippen LogP contribution in [0.1, 0.15) is 5.82 Å². The van der Waals surface area contributed by atoms with Gasteiger partial charge in [0.15, 0.2) is 5.76 Å². The second-order valence-corrected chi connectivity index (χ2v) is 7.63. The lowest BCUT2D eigenvalue weighted by Crippen LogP contribution is -2.11. The van der Waals surface area contributed by atoms with E-state index < -0.39 is 0 Å². The summed E-state index contributed by atoms with van der Waals surface area (Å²) in [5.74, 6) is 1.76. The van der Waals surface area contributed by atoms with Gasteiger partial charge in [-0.15, -0.1) is 0 Å². The number of para-hydroxylation sites is 1. The lowest BCUT2D eigenvalue weighted by molar-refractivity contribution is 0.466. The fourth-order valence-corrected chi connectivity index (χ4v) is 3.97. The minimum Gasteiger partial charge on any atom is -0.431 e. The maximum absolute atomic E-state index is 12.3. The summed E-state index contributed by atoms with van der Waals surface area (Å²) in [6.45, 7) is 0. The molecule has 30 heavy (non-hydrogen) atoms. The van der Waals surface area contributed by atoms with E-state index in [2.05, 4.69) is 9.97 Å². The standard InChI is InChI=1S/C24H17N3O2S/c28-23-18-13-7-8-14-19(18)25-20(26-23)15-30-24-27-21(16-9-3-1-4-10-16)22(29-24)17-11-5-2-6-12-17/h1-14H,15H2,(H,25,26,28). The largest absolute Gasteiger partial charge is 0.431 e. The SMILES string of the molecule is O=c1[nH]c(CSc2nc(-c3ccccc3)c(-c3ccccc3)o2)nc2ccccc12. The first kappa shape index (κ1) is 18.4. The van der Waals surface area contributed by atoms with Crippen LogP contribution in [-0.4, -0.2) is 15.0 Å². The minimum atomic E-state index is -0.140. The van der Waals surface area contributed by atoms with Crippen molar-refractivity contribution in [1.82, 2.24) is 15.0 Å². The van der Waals surface area contributed by atoms with E-state index in [1.807, 2.05) is 78.9 Å². The molecule has 2 heterocycles. The van der Waals surface area contributed by atoms with E-state index >= 15 is 0 Å². The number of fused-ring (bicyclic) bond motifs is 1. The number of rotatable bonds is 5. The van der Waals surface area contributed by atoms with Crippen LogP contribution in [0.5, 0.6) is 0 Å². The molecular formula is C24H17N3O2S. The Kier molecular flexibility index (Phi) is 4.91. The molecule has 5 rings (SSSR count). The number of oxazole rings is 1. The van der Waals surface area contributed by atoms with Crippen LogP contribution in [0.3, 0.4) is 0 Å². The Hall–Kier alpha value is -3.64. The van der Waals surface area contributed by atoms with Gasteiger partial charge in [-0.1, -0.05) is 84.6 Å². The van der Waals surface area contributed by atoms with Crippen LogP contribution in [0, 0.1) is 0 Å². The number of aromatic nitrogens is 3. The molecule has 6 heteroatoms. The van der Waals surface area contributed by atoms with Gasteiger partial charge in [0.05, 0.1) is 16.7 Å². The summed E-state index contributed by atoms with van der Waals surface area (Å²) in [5.41, 5.74) is 3.29. The van der Waals surface area contributed by atoms with Crippen LogP contribution in [0.15, 0.2) is 99.4 Å². The summed E-state index contributed by atoms with van der Waals surface area (Å²) in [5, 5.41) is 1.11. The van der Waals surface area contributed by atoms with E-state index in [0.717, 1.165) is 22.6 Å². The predicted molar refractivity (Wildman–Crippen MR) is 119 cm³/mol. The zero-order chi connectivity index (χ0) is 20.3. The zero-order valence-electron chi connectivity index (χ0n) is 15.9. The molecule has 2 aromatic heterocycles. The molecule has 0 aliphatic carbocycles. The number of benzene rings is 3. The van der Waals surface area contributed by atoms with Crippen molar-refractivity contribution in [2.45, 2.75) is 11.0 Å².